The standard InChI is InChI=1S/C18H18N2O4S/c1-12(21)16-10-14(11-25-16)17(22)19-15-4-2-3-13(9-15)18(23)20-5-7-24-8-6-20/h2-4,9-11H,5-8H2,1H3,(H,19,22). The Kier molecular flexibility index (Phi) is 5.25. The Hall–Kier alpha value is -2.51. The van der Waals surface area contributed by atoms with Crippen molar-refractivity contribution < 1.29 is 19.1 Å². The van der Waals surface area contributed by atoms with E-state index in [9.17, 15) is 14.4 Å². The molecule has 1 aliphatic rings. The molecule has 1 N–H and O–H groups in total. The van der Waals surface area contributed by atoms with Gasteiger partial charge in [-0.1, -0.05) is 6.07 Å². The number of rotatable bonds is 4. The summed E-state index contributed by atoms with van der Waals surface area (Å²) in [5, 5.41) is 4.42. The number of amides is 2. The zero-order valence-electron chi connectivity index (χ0n) is 13.8. The van der Waals surface area contributed by atoms with Gasteiger partial charge in [-0.2, -0.15) is 0 Å². The molecule has 0 atom stereocenters. The van der Waals surface area contributed by atoms with Crippen LogP contribution in [0, 0.1) is 0 Å². The summed E-state index contributed by atoms with van der Waals surface area (Å²) in [5.41, 5.74) is 1.49. The van der Waals surface area contributed by atoms with Gasteiger partial charge in [0.15, 0.2) is 5.78 Å². The maximum atomic E-state index is 12.5. The number of thiophene rings is 1. The number of ketones is 1. The van der Waals surface area contributed by atoms with Gasteiger partial charge in [-0.15, -0.1) is 11.3 Å². The smallest absolute Gasteiger partial charge is 0.256 e. The van der Waals surface area contributed by atoms with Gasteiger partial charge in [0.25, 0.3) is 11.8 Å². The lowest BCUT2D eigenvalue weighted by molar-refractivity contribution is 0.0303. The highest BCUT2D eigenvalue weighted by molar-refractivity contribution is 7.12. The van der Waals surface area contributed by atoms with E-state index in [0.29, 0.717) is 48.0 Å². The zero-order valence-corrected chi connectivity index (χ0v) is 14.6. The minimum Gasteiger partial charge on any atom is -0.378 e. The Balaban J connectivity index is 1.71. The SMILES string of the molecule is CC(=O)c1cc(C(=O)Nc2cccc(C(=O)N3CCOCC3)c2)cs1. The number of hydrogen-bond acceptors (Lipinski definition) is 5. The molecule has 2 aromatic rings. The van der Waals surface area contributed by atoms with Crippen LogP contribution in [0.3, 0.4) is 0 Å². The maximum Gasteiger partial charge on any atom is 0.256 e. The number of ether oxygens (including phenoxy) is 1. The fraction of sp³-hybridized carbons (Fsp3) is 0.278. The third kappa shape index (κ3) is 4.12. The summed E-state index contributed by atoms with van der Waals surface area (Å²) in [7, 11) is 0. The van der Waals surface area contributed by atoms with Crippen molar-refractivity contribution in [2.75, 3.05) is 31.6 Å². The molecule has 0 bridgehead atoms. The summed E-state index contributed by atoms with van der Waals surface area (Å²) in [6.45, 7) is 3.68. The average molecular weight is 358 g/mol. The monoisotopic (exact) mass is 358 g/mol. The third-order valence-electron chi connectivity index (χ3n) is 3.87. The molecular formula is C18H18N2O4S. The fourth-order valence-electron chi connectivity index (χ4n) is 2.52. The molecule has 0 unspecified atom stereocenters. The number of nitrogens with zero attached hydrogens (tertiary/aromatic N) is 1. The predicted molar refractivity (Wildman–Crippen MR) is 95.4 cm³/mol. The molecule has 1 aromatic carbocycles. The molecule has 7 heteroatoms. The van der Waals surface area contributed by atoms with E-state index >= 15 is 0 Å². The van der Waals surface area contributed by atoms with Gasteiger partial charge >= 0.3 is 0 Å². The molecule has 1 aliphatic heterocycles. The molecule has 0 spiro atoms. The van der Waals surface area contributed by atoms with Crippen molar-refractivity contribution in [1.29, 1.82) is 0 Å². The van der Waals surface area contributed by atoms with Crippen LogP contribution in [0.25, 0.3) is 0 Å². The second kappa shape index (κ2) is 7.58. The van der Waals surface area contributed by atoms with Crippen LogP contribution >= 0.6 is 11.3 Å². The number of carbonyl (C=O) groups is 3. The van der Waals surface area contributed by atoms with Crippen LogP contribution in [0.15, 0.2) is 35.7 Å². The van der Waals surface area contributed by atoms with Crippen molar-refractivity contribution in [2.45, 2.75) is 6.92 Å². The van der Waals surface area contributed by atoms with Gasteiger partial charge in [0.05, 0.1) is 23.7 Å². The van der Waals surface area contributed by atoms with Gasteiger partial charge < -0.3 is 15.0 Å². The van der Waals surface area contributed by atoms with Crippen LogP contribution in [-0.4, -0.2) is 48.8 Å². The van der Waals surface area contributed by atoms with E-state index in [4.69, 9.17) is 4.74 Å². The molecule has 130 valence electrons. The van der Waals surface area contributed by atoms with Crippen molar-refractivity contribution in [2.24, 2.45) is 0 Å². The zero-order chi connectivity index (χ0) is 17.8. The molecule has 1 saturated heterocycles. The Morgan fingerprint density at radius 2 is 1.88 bits per heavy atom. The maximum absolute atomic E-state index is 12.5. The highest BCUT2D eigenvalue weighted by Gasteiger charge is 2.19. The Morgan fingerprint density at radius 3 is 2.56 bits per heavy atom. The third-order valence-corrected chi connectivity index (χ3v) is 4.91. The molecule has 25 heavy (non-hydrogen) atoms. The van der Waals surface area contributed by atoms with E-state index in [0.717, 1.165) is 0 Å². The first-order valence-electron chi connectivity index (χ1n) is 7.92. The van der Waals surface area contributed by atoms with Gasteiger partial charge in [0.1, 0.15) is 0 Å². The molecule has 2 heterocycles. The van der Waals surface area contributed by atoms with Gasteiger partial charge in [-0.3, -0.25) is 14.4 Å². The summed E-state index contributed by atoms with van der Waals surface area (Å²) >= 11 is 1.24. The minimum absolute atomic E-state index is 0.0674. The number of Topliss-reactive ketones (excluding diaryl/α,β-unsaturated/α-hetero) is 1. The highest BCUT2D eigenvalue weighted by atomic mass is 32.1. The van der Waals surface area contributed by atoms with E-state index < -0.39 is 0 Å². The number of benzene rings is 1. The quantitative estimate of drug-likeness (QED) is 0.853. The molecule has 1 aromatic heterocycles. The van der Waals surface area contributed by atoms with Gasteiger partial charge in [-0.05, 0) is 31.2 Å². The van der Waals surface area contributed by atoms with Crippen molar-refractivity contribution in [3.63, 3.8) is 0 Å². The molecule has 3 rings (SSSR count). The Bertz CT molecular complexity index is 809. The van der Waals surface area contributed by atoms with Crippen LogP contribution in [0.2, 0.25) is 0 Å². The second-order valence-electron chi connectivity index (χ2n) is 5.70. The molecule has 1 fully saturated rings. The second-order valence-corrected chi connectivity index (χ2v) is 6.61. The summed E-state index contributed by atoms with van der Waals surface area (Å²) in [6, 6.07) is 8.43. The minimum atomic E-state index is -0.306. The lowest BCUT2D eigenvalue weighted by Crippen LogP contribution is -2.40. The van der Waals surface area contributed by atoms with Gasteiger partial charge in [-0.25, -0.2) is 0 Å². The molecule has 0 saturated carbocycles. The van der Waals surface area contributed by atoms with Crippen molar-refractivity contribution in [3.05, 3.63) is 51.7 Å². The summed E-state index contributed by atoms with van der Waals surface area (Å²) in [5.74, 6) is -0.448. The van der Waals surface area contributed by atoms with Gasteiger partial charge in [0.2, 0.25) is 0 Å². The fourth-order valence-corrected chi connectivity index (χ4v) is 3.31. The van der Waals surface area contributed by atoms with Crippen LogP contribution in [0.1, 0.15) is 37.3 Å². The van der Waals surface area contributed by atoms with Crippen LogP contribution in [-0.2, 0) is 4.74 Å². The lowest BCUT2D eigenvalue weighted by atomic mass is 10.1. The van der Waals surface area contributed by atoms with Crippen molar-refractivity contribution in [1.82, 2.24) is 4.90 Å². The summed E-state index contributed by atoms with van der Waals surface area (Å²) < 4.78 is 5.26. The number of carbonyl (C=O) groups excluding carboxylic acids is 3. The van der Waals surface area contributed by atoms with Crippen molar-refractivity contribution >= 4 is 34.6 Å². The molecule has 2 amide bonds. The van der Waals surface area contributed by atoms with E-state index in [1.807, 2.05) is 0 Å². The summed E-state index contributed by atoms with van der Waals surface area (Å²) in [4.78, 5) is 38.4. The predicted octanol–water partition coefficient (Wildman–Crippen LogP) is 2.68. The normalized spacial score (nSPS) is 14.2. The van der Waals surface area contributed by atoms with Crippen LogP contribution in [0.5, 0.6) is 0 Å². The average Bonchev–Trinajstić information content (AvgIpc) is 3.13. The molecule has 0 radical (unpaired) electrons. The number of morpholine rings is 1. The first-order chi connectivity index (χ1) is 12.0. The molecule has 6 nitrogen and oxygen atoms in total. The first-order valence-corrected chi connectivity index (χ1v) is 8.80. The van der Waals surface area contributed by atoms with E-state index in [1.54, 1.807) is 40.6 Å². The first kappa shape index (κ1) is 17.3. The number of nitrogens with one attached hydrogen (secondary N) is 1. The van der Waals surface area contributed by atoms with E-state index in [1.165, 1.54) is 18.3 Å². The topological polar surface area (TPSA) is 75.7 Å². The Morgan fingerprint density at radius 1 is 1.12 bits per heavy atom. The van der Waals surface area contributed by atoms with E-state index in [-0.39, 0.29) is 17.6 Å². The van der Waals surface area contributed by atoms with Crippen molar-refractivity contribution in [3.8, 4) is 0 Å². The largest absolute Gasteiger partial charge is 0.378 e. The molecular weight excluding hydrogens is 340 g/mol. The Labute approximate surface area is 149 Å². The van der Waals surface area contributed by atoms with Crippen LogP contribution in [0.4, 0.5) is 5.69 Å². The number of anilines is 1. The lowest BCUT2D eigenvalue weighted by Gasteiger charge is -2.27. The summed E-state index contributed by atoms with van der Waals surface area (Å²) in [6.07, 6.45) is 0. The van der Waals surface area contributed by atoms with Crippen LogP contribution < -0.4 is 5.32 Å². The van der Waals surface area contributed by atoms with E-state index in [2.05, 4.69) is 5.32 Å². The molecule has 0 aliphatic carbocycles. The van der Waals surface area contributed by atoms with Gasteiger partial charge in [0, 0.05) is 29.7 Å². The number of hydrogen-bond donors (Lipinski definition) is 1. The highest BCUT2D eigenvalue weighted by Crippen LogP contribution is 2.18.